The predicted octanol–water partition coefficient (Wildman–Crippen LogP) is 4.34. The van der Waals surface area contributed by atoms with Crippen LogP contribution in [0, 0.1) is 0 Å². The van der Waals surface area contributed by atoms with Crippen LogP contribution in [0.15, 0.2) is 61.2 Å². The maximum absolute atomic E-state index is 12.9. The number of hydrogen-bond acceptors (Lipinski definition) is 5. The third-order valence-corrected chi connectivity index (χ3v) is 7.83. The van der Waals surface area contributed by atoms with Crippen LogP contribution >= 0.6 is 0 Å². The maximum atomic E-state index is 12.9. The summed E-state index contributed by atoms with van der Waals surface area (Å²) in [5.41, 5.74) is 6.03. The number of likely N-dealkylation sites (tertiary alicyclic amines) is 1. The first-order chi connectivity index (χ1) is 17.1. The van der Waals surface area contributed by atoms with Gasteiger partial charge in [-0.05, 0) is 61.1 Å². The number of hydrogen-bond donors (Lipinski definition) is 2. The van der Waals surface area contributed by atoms with Gasteiger partial charge < -0.3 is 5.11 Å². The molecular weight excluding hydrogens is 436 g/mol. The summed E-state index contributed by atoms with van der Waals surface area (Å²) in [6, 6.07) is 16.7. The van der Waals surface area contributed by atoms with Crippen LogP contribution in [-0.2, 0) is 0 Å². The standard InChI is InChI=1S/C29H38N4O2/c1-2-16-31-20-25-9-7-10-26(21-31)33(25)28(24-8-6-11-27(34)19-24)22-12-14-23(15-13-22)29(35)30-32-17-4-3-5-18-32/h2,6,8,11-15,19,25-26,28,34H,1,3-5,7,9-10,16-18,20-21H2,(H,30,35). The smallest absolute Gasteiger partial charge is 0.265 e. The summed E-state index contributed by atoms with van der Waals surface area (Å²) in [5.74, 6) is 0.253. The molecule has 3 atom stereocenters. The number of piperidine rings is 2. The summed E-state index contributed by atoms with van der Waals surface area (Å²) in [6.45, 7) is 8.79. The van der Waals surface area contributed by atoms with Crippen molar-refractivity contribution < 1.29 is 9.90 Å². The van der Waals surface area contributed by atoms with Crippen LogP contribution in [0.1, 0.15) is 66.1 Å². The van der Waals surface area contributed by atoms with E-state index >= 15 is 0 Å². The van der Waals surface area contributed by atoms with Crippen LogP contribution in [0.2, 0.25) is 0 Å². The van der Waals surface area contributed by atoms with E-state index in [2.05, 4.69) is 40.0 Å². The fourth-order valence-corrected chi connectivity index (χ4v) is 6.24. The Morgan fingerprint density at radius 2 is 1.71 bits per heavy atom. The molecule has 2 aromatic carbocycles. The van der Waals surface area contributed by atoms with Gasteiger partial charge in [-0.1, -0.05) is 43.2 Å². The number of amides is 1. The van der Waals surface area contributed by atoms with E-state index in [4.69, 9.17) is 0 Å². The van der Waals surface area contributed by atoms with Gasteiger partial charge in [-0.15, -0.1) is 6.58 Å². The van der Waals surface area contributed by atoms with E-state index in [-0.39, 0.29) is 11.9 Å². The molecule has 6 heteroatoms. The molecule has 2 bridgehead atoms. The van der Waals surface area contributed by atoms with Crippen molar-refractivity contribution in [2.75, 3.05) is 32.7 Å². The summed E-state index contributed by atoms with van der Waals surface area (Å²) in [4.78, 5) is 18.1. The first kappa shape index (κ1) is 24.0. The van der Waals surface area contributed by atoms with Crippen molar-refractivity contribution in [1.82, 2.24) is 20.2 Å². The predicted molar refractivity (Wildman–Crippen MR) is 139 cm³/mol. The van der Waals surface area contributed by atoms with Crippen molar-refractivity contribution in [2.24, 2.45) is 0 Å². The quantitative estimate of drug-likeness (QED) is 0.585. The minimum absolute atomic E-state index is 0.0396. The summed E-state index contributed by atoms with van der Waals surface area (Å²) in [7, 11) is 0. The number of benzene rings is 2. The molecule has 3 unspecified atom stereocenters. The second-order valence-electron chi connectivity index (χ2n) is 10.3. The molecule has 3 aliphatic heterocycles. The molecule has 0 spiro atoms. The lowest BCUT2D eigenvalue weighted by atomic mass is 9.85. The fourth-order valence-electron chi connectivity index (χ4n) is 6.24. The molecule has 6 nitrogen and oxygen atoms in total. The molecular formula is C29H38N4O2. The lowest BCUT2D eigenvalue weighted by molar-refractivity contribution is -0.0250. The van der Waals surface area contributed by atoms with Gasteiger partial charge in [-0.2, -0.15) is 0 Å². The van der Waals surface area contributed by atoms with Gasteiger partial charge in [-0.25, -0.2) is 5.01 Å². The highest BCUT2D eigenvalue weighted by Gasteiger charge is 2.41. The Balaban J connectivity index is 1.42. The van der Waals surface area contributed by atoms with Crippen LogP contribution < -0.4 is 5.43 Å². The molecule has 0 aromatic heterocycles. The highest BCUT2D eigenvalue weighted by molar-refractivity contribution is 5.93. The molecule has 2 N–H and O–H groups in total. The average molecular weight is 475 g/mol. The Hall–Kier alpha value is -2.67. The number of carbonyl (C=O) groups excluding carboxylic acids is 1. The first-order valence-corrected chi connectivity index (χ1v) is 13.2. The molecule has 0 saturated carbocycles. The molecule has 3 saturated heterocycles. The van der Waals surface area contributed by atoms with Crippen molar-refractivity contribution in [1.29, 1.82) is 0 Å². The summed E-state index contributed by atoms with van der Waals surface area (Å²) in [6.07, 6.45) is 9.12. The van der Waals surface area contributed by atoms with Crippen LogP contribution in [-0.4, -0.2) is 70.6 Å². The number of phenols is 1. The van der Waals surface area contributed by atoms with Gasteiger partial charge >= 0.3 is 0 Å². The van der Waals surface area contributed by atoms with Crippen molar-refractivity contribution in [3.05, 3.63) is 77.9 Å². The molecule has 0 radical (unpaired) electrons. The zero-order valence-corrected chi connectivity index (χ0v) is 20.6. The number of aromatic hydroxyl groups is 1. The van der Waals surface area contributed by atoms with Crippen LogP contribution in [0.4, 0.5) is 0 Å². The summed E-state index contributed by atoms with van der Waals surface area (Å²) in [5, 5.41) is 12.3. The third kappa shape index (κ3) is 5.45. The summed E-state index contributed by atoms with van der Waals surface area (Å²) >= 11 is 0. The Bertz CT molecular complexity index is 1000. The highest BCUT2D eigenvalue weighted by Crippen LogP contribution is 2.40. The third-order valence-electron chi connectivity index (χ3n) is 7.83. The Labute approximate surface area is 209 Å². The minimum atomic E-state index is -0.0396. The van der Waals surface area contributed by atoms with Gasteiger partial charge in [0.05, 0.1) is 6.04 Å². The van der Waals surface area contributed by atoms with Gasteiger partial charge in [0.2, 0.25) is 0 Å². The maximum Gasteiger partial charge on any atom is 0.265 e. The van der Waals surface area contributed by atoms with E-state index < -0.39 is 0 Å². The van der Waals surface area contributed by atoms with Crippen molar-refractivity contribution in [2.45, 2.75) is 56.7 Å². The Kier molecular flexibility index (Phi) is 7.51. The van der Waals surface area contributed by atoms with E-state index in [0.717, 1.165) is 51.1 Å². The SMILES string of the molecule is C=CCN1CC2CCCC(C1)N2C(c1ccc(C(=O)NN2CCCCC2)cc1)c1cccc(O)c1. The first-order valence-electron chi connectivity index (χ1n) is 13.2. The van der Waals surface area contributed by atoms with Gasteiger partial charge in [0.15, 0.2) is 0 Å². The molecule has 35 heavy (non-hydrogen) atoms. The summed E-state index contributed by atoms with van der Waals surface area (Å²) < 4.78 is 0. The van der Waals surface area contributed by atoms with Gasteiger partial charge in [0, 0.05) is 50.4 Å². The monoisotopic (exact) mass is 474 g/mol. The molecule has 3 fully saturated rings. The van der Waals surface area contributed by atoms with Gasteiger partial charge in [0.1, 0.15) is 5.75 Å². The highest BCUT2D eigenvalue weighted by atomic mass is 16.3. The van der Waals surface area contributed by atoms with E-state index in [1.165, 1.54) is 31.2 Å². The largest absolute Gasteiger partial charge is 0.508 e. The normalized spacial score (nSPS) is 24.6. The average Bonchev–Trinajstić information content (AvgIpc) is 2.86. The van der Waals surface area contributed by atoms with E-state index in [9.17, 15) is 9.90 Å². The second kappa shape index (κ2) is 10.9. The van der Waals surface area contributed by atoms with E-state index in [1.54, 1.807) is 6.07 Å². The number of piperazine rings is 1. The molecule has 2 aromatic rings. The van der Waals surface area contributed by atoms with Gasteiger partial charge in [-0.3, -0.25) is 20.0 Å². The zero-order chi connectivity index (χ0) is 24.2. The molecule has 186 valence electrons. The Morgan fingerprint density at radius 3 is 2.37 bits per heavy atom. The van der Waals surface area contributed by atoms with E-state index in [1.807, 2.05) is 35.4 Å². The van der Waals surface area contributed by atoms with Gasteiger partial charge in [0.25, 0.3) is 5.91 Å². The topological polar surface area (TPSA) is 59.0 Å². The molecule has 3 heterocycles. The lowest BCUT2D eigenvalue weighted by Gasteiger charge is -2.53. The molecule has 5 rings (SSSR count). The van der Waals surface area contributed by atoms with Crippen LogP contribution in [0.3, 0.4) is 0 Å². The van der Waals surface area contributed by atoms with Crippen LogP contribution in [0.5, 0.6) is 5.75 Å². The molecule has 1 amide bonds. The number of fused-ring (bicyclic) bond motifs is 2. The van der Waals surface area contributed by atoms with Crippen LogP contribution in [0.25, 0.3) is 0 Å². The van der Waals surface area contributed by atoms with E-state index in [0.29, 0.717) is 23.4 Å². The van der Waals surface area contributed by atoms with Crippen molar-refractivity contribution >= 4 is 5.91 Å². The number of hydrazine groups is 1. The number of nitrogens with one attached hydrogen (secondary N) is 1. The second-order valence-corrected chi connectivity index (χ2v) is 10.3. The Morgan fingerprint density at radius 1 is 1.00 bits per heavy atom. The fraction of sp³-hybridized carbons (Fsp3) is 0.483. The number of carbonyl (C=O) groups is 1. The minimum Gasteiger partial charge on any atom is -0.508 e. The zero-order valence-electron chi connectivity index (χ0n) is 20.6. The van der Waals surface area contributed by atoms with Crippen molar-refractivity contribution in [3.63, 3.8) is 0 Å². The number of phenolic OH excluding ortho intramolecular Hbond substituents is 1. The lowest BCUT2D eigenvalue weighted by Crippen LogP contribution is -2.61. The molecule has 3 aliphatic rings. The molecule has 0 aliphatic carbocycles. The number of nitrogens with zero attached hydrogens (tertiary/aromatic N) is 3. The van der Waals surface area contributed by atoms with Crippen molar-refractivity contribution in [3.8, 4) is 5.75 Å². The number of rotatable bonds is 7.